The van der Waals surface area contributed by atoms with Crippen LogP contribution in [0.2, 0.25) is 0 Å². The van der Waals surface area contributed by atoms with Gasteiger partial charge in [0, 0.05) is 11.3 Å². The van der Waals surface area contributed by atoms with Crippen molar-refractivity contribution in [2.45, 2.75) is 39.8 Å². The zero-order chi connectivity index (χ0) is 8.65. The number of alkyl halides is 1. The van der Waals surface area contributed by atoms with E-state index in [1.165, 1.54) is 0 Å². The zero-order valence-corrected chi connectivity index (χ0v) is 7.36. The number of hydrogen-bond donors (Lipinski definition) is 0. The van der Waals surface area contributed by atoms with Crippen LogP contribution in [0.15, 0.2) is 0 Å². The molecule has 0 aromatic rings. The second-order valence-electron chi connectivity index (χ2n) is 3.98. The van der Waals surface area contributed by atoms with E-state index in [9.17, 15) is 9.18 Å². The minimum atomic E-state index is -0.742. The van der Waals surface area contributed by atoms with Gasteiger partial charge in [-0.15, -0.1) is 0 Å². The van der Waals surface area contributed by atoms with Gasteiger partial charge in [-0.05, 0) is 19.8 Å². The van der Waals surface area contributed by atoms with Gasteiger partial charge in [-0.25, -0.2) is 4.39 Å². The quantitative estimate of drug-likeness (QED) is 0.603. The molecule has 0 N–H and O–H groups in total. The lowest BCUT2D eigenvalue weighted by molar-refractivity contribution is -0.132. The van der Waals surface area contributed by atoms with Crippen LogP contribution in [0.5, 0.6) is 0 Å². The lowest BCUT2D eigenvalue weighted by Gasteiger charge is -2.41. The summed E-state index contributed by atoms with van der Waals surface area (Å²) < 4.78 is 12.9. The zero-order valence-electron chi connectivity index (χ0n) is 7.36. The first-order valence-electron chi connectivity index (χ1n) is 4.11. The molecule has 0 amide bonds. The number of hydrogen-bond acceptors (Lipinski definition) is 1. The Morgan fingerprint density at radius 3 is 2.09 bits per heavy atom. The molecule has 0 radical (unpaired) electrons. The predicted octanol–water partition coefficient (Wildman–Crippen LogP) is 2.35. The molecular formula is C9H15FO. The van der Waals surface area contributed by atoms with E-state index in [0.717, 1.165) is 6.42 Å². The van der Waals surface area contributed by atoms with E-state index < -0.39 is 11.6 Å². The van der Waals surface area contributed by atoms with Crippen LogP contribution in [-0.2, 0) is 4.79 Å². The van der Waals surface area contributed by atoms with Crippen molar-refractivity contribution in [1.29, 1.82) is 0 Å². The highest BCUT2D eigenvalue weighted by Crippen LogP contribution is 2.44. The Bertz CT molecular complexity index is 174. The Kier molecular flexibility index (Phi) is 2.04. The van der Waals surface area contributed by atoms with Crippen LogP contribution in [0, 0.1) is 11.3 Å². The van der Waals surface area contributed by atoms with Crippen LogP contribution < -0.4 is 0 Å². The predicted molar refractivity (Wildman–Crippen MR) is 42.1 cm³/mol. The molecule has 0 heterocycles. The van der Waals surface area contributed by atoms with Crippen LogP contribution in [0.1, 0.15) is 33.6 Å². The molecular weight excluding hydrogens is 143 g/mol. The molecule has 2 atom stereocenters. The maximum absolute atomic E-state index is 12.9. The third kappa shape index (κ3) is 1.31. The Morgan fingerprint density at radius 2 is 2.00 bits per heavy atom. The molecule has 11 heavy (non-hydrogen) atoms. The summed E-state index contributed by atoms with van der Waals surface area (Å²) in [7, 11) is 0. The third-order valence-electron chi connectivity index (χ3n) is 3.02. The smallest absolute Gasteiger partial charge is 0.135 e. The van der Waals surface area contributed by atoms with Crippen molar-refractivity contribution in [3.05, 3.63) is 0 Å². The summed E-state index contributed by atoms with van der Waals surface area (Å²) in [4.78, 5) is 11.1. The van der Waals surface area contributed by atoms with Gasteiger partial charge < -0.3 is 0 Å². The summed E-state index contributed by atoms with van der Waals surface area (Å²) in [5.41, 5.74) is -0.447. The minimum Gasteiger partial charge on any atom is -0.299 e. The van der Waals surface area contributed by atoms with Gasteiger partial charge in [0.2, 0.25) is 0 Å². The normalized spacial score (nSPS) is 31.3. The van der Waals surface area contributed by atoms with Gasteiger partial charge in [0.15, 0.2) is 0 Å². The average molecular weight is 158 g/mol. The number of ketones is 1. The SMILES string of the molecule is CC(=O)C(C)(C)[C@@H]1CC[C@@H]1F. The standard InChI is InChI=1S/C9H15FO/c1-6(11)9(2,3)7-4-5-8(7)10/h7-8H,4-5H2,1-3H3/t7-,8+/m1/s1. The van der Waals surface area contributed by atoms with E-state index in [1.54, 1.807) is 6.92 Å². The molecule has 1 aliphatic rings. The van der Waals surface area contributed by atoms with Crippen LogP contribution in [0.4, 0.5) is 4.39 Å². The first kappa shape index (κ1) is 8.69. The van der Waals surface area contributed by atoms with E-state index in [2.05, 4.69) is 0 Å². The largest absolute Gasteiger partial charge is 0.299 e. The molecule has 0 saturated heterocycles. The molecule has 1 saturated carbocycles. The van der Waals surface area contributed by atoms with Crippen LogP contribution in [0.3, 0.4) is 0 Å². The van der Waals surface area contributed by atoms with E-state index in [4.69, 9.17) is 0 Å². The van der Waals surface area contributed by atoms with Gasteiger partial charge in [0.25, 0.3) is 0 Å². The van der Waals surface area contributed by atoms with E-state index in [0.29, 0.717) is 6.42 Å². The van der Waals surface area contributed by atoms with Crippen molar-refractivity contribution in [2.75, 3.05) is 0 Å². The van der Waals surface area contributed by atoms with Gasteiger partial charge in [0.1, 0.15) is 12.0 Å². The van der Waals surface area contributed by atoms with Gasteiger partial charge in [-0.1, -0.05) is 13.8 Å². The van der Waals surface area contributed by atoms with Gasteiger partial charge in [-0.2, -0.15) is 0 Å². The number of rotatable bonds is 2. The molecule has 2 heteroatoms. The van der Waals surface area contributed by atoms with Crippen molar-refractivity contribution in [3.63, 3.8) is 0 Å². The topological polar surface area (TPSA) is 17.1 Å². The molecule has 0 aromatic heterocycles. The highest BCUT2D eigenvalue weighted by Gasteiger charge is 2.44. The second-order valence-corrected chi connectivity index (χ2v) is 3.98. The van der Waals surface area contributed by atoms with Crippen molar-refractivity contribution < 1.29 is 9.18 Å². The fourth-order valence-corrected chi connectivity index (χ4v) is 1.53. The number of carbonyl (C=O) groups is 1. The van der Waals surface area contributed by atoms with Crippen molar-refractivity contribution in [1.82, 2.24) is 0 Å². The van der Waals surface area contributed by atoms with Crippen LogP contribution in [0.25, 0.3) is 0 Å². The van der Waals surface area contributed by atoms with E-state index in [1.807, 2.05) is 13.8 Å². The molecule has 1 rings (SSSR count). The molecule has 0 aliphatic heterocycles. The van der Waals surface area contributed by atoms with Gasteiger partial charge >= 0.3 is 0 Å². The minimum absolute atomic E-state index is 0.0278. The molecule has 0 unspecified atom stereocenters. The summed E-state index contributed by atoms with van der Waals surface area (Å²) in [5.74, 6) is 0.0739. The number of carbonyl (C=O) groups excluding carboxylic acids is 1. The van der Waals surface area contributed by atoms with Crippen molar-refractivity contribution >= 4 is 5.78 Å². The van der Waals surface area contributed by atoms with Crippen LogP contribution >= 0.6 is 0 Å². The summed E-state index contributed by atoms with van der Waals surface area (Å²) in [5, 5.41) is 0. The van der Waals surface area contributed by atoms with E-state index >= 15 is 0 Å². The summed E-state index contributed by atoms with van der Waals surface area (Å²) in [6.07, 6.45) is 0.767. The Morgan fingerprint density at radius 1 is 1.45 bits per heavy atom. The molecule has 0 aromatic carbocycles. The summed E-state index contributed by atoms with van der Waals surface area (Å²) >= 11 is 0. The Hall–Kier alpha value is -0.400. The van der Waals surface area contributed by atoms with Crippen LogP contribution in [-0.4, -0.2) is 12.0 Å². The van der Waals surface area contributed by atoms with Crippen molar-refractivity contribution in [3.8, 4) is 0 Å². The number of halogens is 1. The van der Waals surface area contributed by atoms with Gasteiger partial charge in [-0.3, -0.25) is 4.79 Å². The Labute approximate surface area is 67.0 Å². The number of Topliss-reactive ketones (excluding diaryl/α,β-unsaturated/α-hetero) is 1. The average Bonchev–Trinajstić information content (AvgIpc) is 1.83. The second kappa shape index (κ2) is 2.58. The first-order chi connectivity index (χ1) is 4.96. The highest BCUT2D eigenvalue weighted by molar-refractivity contribution is 5.82. The molecule has 1 nitrogen and oxygen atoms in total. The van der Waals surface area contributed by atoms with Gasteiger partial charge in [0.05, 0.1) is 0 Å². The Balaban J connectivity index is 2.64. The fourth-order valence-electron chi connectivity index (χ4n) is 1.53. The molecule has 64 valence electrons. The highest BCUT2D eigenvalue weighted by atomic mass is 19.1. The maximum atomic E-state index is 12.9. The first-order valence-corrected chi connectivity index (χ1v) is 4.11. The fraction of sp³-hybridized carbons (Fsp3) is 0.889. The molecule has 1 aliphatic carbocycles. The van der Waals surface area contributed by atoms with E-state index in [-0.39, 0.29) is 11.7 Å². The lowest BCUT2D eigenvalue weighted by atomic mass is 9.64. The lowest BCUT2D eigenvalue weighted by Crippen LogP contribution is -2.43. The summed E-state index contributed by atoms with van der Waals surface area (Å²) in [6, 6.07) is 0. The molecule has 0 spiro atoms. The third-order valence-corrected chi connectivity index (χ3v) is 3.02. The van der Waals surface area contributed by atoms with Crippen molar-refractivity contribution in [2.24, 2.45) is 11.3 Å². The monoisotopic (exact) mass is 158 g/mol. The molecule has 0 bridgehead atoms. The summed E-state index contributed by atoms with van der Waals surface area (Å²) in [6.45, 7) is 5.22. The maximum Gasteiger partial charge on any atom is 0.135 e. The molecule has 1 fully saturated rings.